The van der Waals surface area contributed by atoms with Crippen molar-refractivity contribution in [1.82, 2.24) is 5.06 Å². The van der Waals surface area contributed by atoms with E-state index in [1.54, 1.807) is 0 Å². The van der Waals surface area contributed by atoms with Crippen LogP contribution in [0.15, 0.2) is 0 Å². The second kappa shape index (κ2) is 5.42. The van der Waals surface area contributed by atoms with Crippen molar-refractivity contribution in [2.24, 2.45) is 0 Å². The number of nitrogens with zero attached hydrogens (tertiary/aromatic N) is 1. The van der Waals surface area contributed by atoms with Gasteiger partial charge >= 0.3 is 0 Å². The number of hydroxylamine groups is 2. The molecule has 0 radical (unpaired) electrons. The Kier molecular flexibility index (Phi) is 4.47. The molecule has 1 aliphatic heterocycles. The summed E-state index contributed by atoms with van der Waals surface area (Å²) in [4.78, 5) is 0. The summed E-state index contributed by atoms with van der Waals surface area (Å²) in [5, 5.41) is 38.0. The third-order valence-corrected chi connectivity index (χ3v) is 2.35. The quantitative estimate of drug-likeness (QED) is 0.392. The van der Waals surface area contributed by atoms with Gasteiger partial charge in [0.1, 0.15) is 24.9 Å². The first-order valence-corrected chi connectivity index (χ1v) is 4.55. The summed E-state index contributed by atoms with van der Waals surface area (Å²) < 4.78 is 4.68. The van der Waals surface area contributed by atoms with Crippen LogP contribution in [0, 0.1) is 11.8 Å². The molecule has 0 aromatic heterocycles. The molecule has 0 amide bonds. The minimum atomic E-state index is -1.21. The van der Waals surface area contributed by atoms with Crippen LogP contribution >= 0.6 is 0 Å². The first-order valence-electron chi connectivity index (χ1n) is 4.55. The van der Waals surface area contributed by atoms with E-state index in [-0.39, 0.29) is 6.61 Å². The molecule has 0 aromatic rings. The molecule has 4 atom stereocenters. The molecule has 1 heterocycles. The molecule has 1 rings (SSSR count). The predicted molar refractivity (Wildman–Crippen MR) is 50.0 cm³/mol. The van der Waals surface area contributed by atoms with Crippen LogP contribution in [-0.2, 0) is 4.74 Å². The van der Waals surface area contributed by atoms with E-state index >= 15 is 0 Å². The number of hydrogen-bond donors (Lipinski definition) is 4. The Morgan fingerprint density at radius 1 is 1.33 bits per heavy atom. The lowest BCUT2D eigenvalue weighted by Gasteiger charge is -2.18. The van der Waals surface area contributed by atoms with E-state index in [1.807, 2.05) is 0 Å². The van der Waals surface area contributed by atoms with Crippen molar-refractivity contribution in [2.75, 3.05) is 20.3 Å². The second-order valence-corrected chi connectivity index (χ2v) is 3.31. The van der Waals surface area contributed by atoms with E-state index in [9.17, 15) is 15.4 Å². The minimum absolute atomic E-state index is 0.178. The molecule has 6 heteroatoms. The zero-order chi connectivity index (χ0) is 11.4. The number of hydrogen-bond acceptors (Lipinski definition) is 6. The van der Waals surface area contributed by atoms with E-state index in [4.69, 9.17) is 5.11 Å². The third kappa shape index (κ3) is 2.46. The molecule has 0 aliphatic carbocycles. The molecule has 1 fully saturated rings. The fourth-order valence-electron chi connectivity index (χ4n) is 1.50. The maximum atomic E-state index is 9.52. The first kappa shape index (κ1) is 12.4. The van der Waals surface area contributed by atoms with Crippen molar-refractivity contribution in [3.05, 3.63) is 0 Å². The van der Waals surface area contributed by atoms with Crippen LogP contribution in [0.25, 0.3) is 0 Å². The van der Waals surface area contributed by atoms with Gasteiger partial charge in [0.15, 0.2) is 0 Å². The topological polar surface area (TPSA) is 93.4 Å². The highest BCUT2D eigenvalue weighted by atomic mass is 16.5. The van der Waals surface area contributed by atoms with Crippen LogP contribution in [-0.4, -0.2) is 70.2 Å². The summed E-state index contributed by atoms with van der Waals surface area (Å²) in [5.41, 5.74) is 0. The van der Waals surface area contributed by atoms with E-state index < -0.39 is 30.9 Å². The van der Waals surface area contributed by atoms with Gasteiger partial charge in [0.05, 0.1) is 12.6 Å². The Labute approximate surface area is 87.7 Å². The largest absolute Gasteiger partial charge is 0.395 e. The molecule has 15 heavy (non-hydrogen) atoms. The standard InChI is InChI=1S/C9H15NO5/c1-15-4-2-3-6-8(12)9(13)7(5-11)10(6)14/h6-9,11-14H,4-5H2,1H3. The SMILES string of the molecule is COCC#CC1C(O)C(O)C(CO)N1O. The molecule has 1 saturated heterocycles. The number of rotatable bonds is 2. The van der Waals surface area contributed by atoms with Gasteiger partial charge < -0.3 is 25.3 Å². The molecule has 6 nitrogen and oxygen atoms in total. The second-order valence-electron chi connectivity index (χ2n) is 3.31. The predicted octanol–water partition coefficient (Wildman–Crippen LogP) is -2.21. The van der Waals surface area contributed by atoms with Crippen molar-refractivity contribution in [2.45, 2.75) is 24.3 Å². The molecule has 4 unspecified atom stereocenters. The average Bonchev–Trinajstić information content (AvgIpc) is 2.42. The number of methoxy groups -OCH3 is 1. The Hall–Kier alpha value is -0.680. The summed E-state index contributed by atoms with van der Waals surface area (Å²) in [6.45, 7) is -0.270. The summed E-state index contributed by atoms with van der Waals surface area (Å²) >= 11 is 0. The van der Waals surface area contributed by atoms with Crippen molar-refractivity contribution >= 4 is 0 Å². The Morgan fingerprint density at radius 2 is 2.00 bits per heavy atom. The highest BCUT2D eigenvalue weighted by molar-refractivity contribution is 5.16. The summed E-state index contributed by atoms with van der Waals surface area (Å²) in [7, 11) is 1.47. The molecule has 0 spiro atoms. The lowest BCUT2D eigenvalue weighted by Crippen LogP contribution is -2.38. The van der Waals surface area contributed by atoms with Gasteiger partial charge in [-0.25, -0.2) is 0 Å². The van der Waals surface area contributed by atoms with Gasteiger partial charge in [-0.2, -0.15) is 5.06 Å². The monoisotopic (exact) mass is 217 g/mol. The first-order chi connectivity index (χ1) is 7.13. The van der Waals surface area contributed by atoms with E-state index in [1.165, 1.54) is 7.11 Å². The summed E-state index contributed by atoms with van der Waals surface area (Å²) in [5.74, 6) is 5.13. The van der Waals surface area contributed by atoms with Crippen LogP contribution in [0.3, 0.4) is 0 Å². The van der Waals surface area contributed by atoms with Crippen molar-refractivity contribution in [3.8, 4) is 11.8 Å². The molecule has 0 bridgehead atoms. The van der Waals surface area contributed by atoms with Gasteiger partial charge in [0.25, 0.3) is 0 Å². The van der Waals surface area contributed by atoms with Crippen LogP contribution in [0.4, 0.5) is 0 Å². The molecule has 4 N–H and O–H groups in total. The maximum absolute atomic E-state index is 9.52. The van der Waals surface area contributed by atoms with Gasteiger partial charge in [-0.15, -0.1) is 0 Å². The average molecular weight is 217 g/mol. The normalized spacial score (nSPS) is 36.3. The van der Waals surface area contributed by atoms with Crippen molar-refractivity contribution in [1.29, 1.82) is 0 Å². The Morgan fingerprint density at radius 3 is 2.47 bits per heavy atom. The molecular weight excluding hydrogens is 202 g/mol. The van der Waals surface area contributed by atoms with Gasteiger partial charge in [0, 0.05) is 7.11 Å². The van der Waals surface area contributed by atoms with Gasteiger partial charge in [-0.1, -0.05) is 11.8 Å². The smallest absolute Gasteiger partial charge is 0.125 e. The Balaban J connectivity index is 2.70. The highest BCUT2D eigenvalue weighted by Crippen LogP contribution is 2.22. The van der Waals surface area contributed by atoms with Crippen LogP contribution in [0.1, 0.15) is 0 Å². The summed E-state index contributed by atoms with van der Waals surface area (Å²) in [6, 6.07) is -1.80. The van der Waals surface area contributed by atoms with Gasteiger partial charge in [-0.3, -0.25) is 0 Å². The fourth-order valence-corrected chi connectivity index (χ4v) is 1.50. The molecular formula is C9H15NO5. The molecule has 0 saturated carbocycles. The lowest BCUT2D eigenvalue weighted by molar-refractivity contribution is -0.142. The van der Waals surface area contributed by atoms with Gasteiger partial charge in [0.2, 0.25) is 0 Å². The van der Waals surface area contributed by atoms with Crippen molar-refractivity contribution < 1.29 is 25.3 Å². The molecule has 1 aliphatic rings. The zero-order valence-electron chi connectivity index (χ0n) is 8.37. The third-order valence-electron chi connectivity index (χ3n) is 2.35. The number of aliphatic hydroxyl groups excluding tert-OH is 3. The number of aliphatic hydroxyl groups is 3. The lowest BCUT2D eigenvalue weighted by atomic mass is 10.1. The fraction of sp³-hybridized carbons (Fsp3) is 0.778. The van der Waals surface area contributed by atoms with Crippen LogP contribution in [0.2, 0.25) is 0 Å². The maximum Gasteiger partial charge on any atom is 0.125 e. The highest BCUT2D eigenvalue weighted by Gasteiger charge is 2.46. The number of ether oxygens (including phenoxy) is 1. The Bertz CT molecular complexity index is 261. The van der Waals surface area contributed by atoms with E-state index in [2.05, 4.69) is 16.6 Å². The van der Waals surface area contributed by atoms with Crippen LogP contribution in [0.5, 0.6) is 0 Å². The van der Waals surface area contributed by atoms with E-state index in [0.717, 1.165) is 0 Å². The zero-order valence-corrected chi connectivity index (χ0v) is 8.37. The minimum Gasteiger partial charge on any atom is -0.395 e. The van der Waals surface area contributed by atoms with Crippen molar-refractivity contribution in [3.63, 3.8) is 0 Å². The molecule has 0 aromatic carbocycles. The van der Waals surface area contributed by atoms with Gasteiger partial charge in [-0.05, 0) is 0 Å². The van der Waals surface area contributed by atoms with Crippen LogP contribution < -0.4 is 0 Å². The van der Waals surface area contributed by atoms with E-state index in [0.29, 0.717) is 5.06 Å². The summed E-state index contributed by atoms with van der Waals surface area (Å²) in [6.07, 6.45) is -2.40. The molecule has 86 valence electrons.